The smallest absolute Gasteiger partial charge is 0.229 e. The molecular formula is C58H59ClO9. The summed E-state index contributed by atoms with van der Waals surface area (Å²) < 4.78 is 58.7. The molecular weight excluding hydrogens is 876 g/mol. The lowest BCUT2D eigenvalue weighted by Crippen LogP contribution is -2.62. The largest absolute Gasteiger partial charge is 0.485 e. The van der Waals surface area contributed by atoms with Crippen LogP contribution in [-0.2, 0) is 79.0 Å². The van der Waals surface area contributed by atoms with Gasteiger partial charge in [-0.15, -0.1) is 0 Å². The molecule has 0 bridgehead atoms. The molecule has 7 aromatic rings. The molecule has 1 aliphatic rings. The molecule has 1 fully saturated rings. The molecule has 1 saturated heterocycles. The van der Waals surface area contributed by atoms with Crippen molar-refractivity contribution >= 4 is 11.6 Å². The van der Waals surface area contributed by atoms with E-state index in [2.05, 4.69) is 24.3 Å². The maximum atomic E-state index is 7.14. The quantitative estimate of drug-likeness (QED) is 0.0411. The highest BCUT2D eigenvalue weighted by Crippen LogP contribution is 2.39. The van der Waals surface area contributed by atoms with Gasteiger partial charge in [-0.05, 0) is 63.4 Å². The Labute approximate surface area is 405 Å². The molecule has 0 radical (unpaired) electrons. The molecule has 0 N–H and O–H groups in total. The number of ether oxygens (including phenoxy) is 9. The lowest BCUT2D eigenvalue weighted by molar-refractivity contribution is -0.310. The normalized spacial score (nSPS) is 18.0. The third kappa shape index (κ3) is 14.6. The molecule has 0 saturated carbocycles. The van der Waals surface area contributed by atoms with Crippen molar-refractivity contribution in [2.24, 2.45) is 0 Å². The maximum Gasteiger partial charge on any atom is 0.229 e. The second kappa shape index (κ2) is 26.1. The fraction of sp³-hybridized carbons (Fsp3) is 0.276. The first-order chi connectivity index (χ1) is 33.6. The average Bonchev–Trinajstić information content (AvgIpc) is 3.38. The minimum atomic E-state index is -1.02. The minimum Gasteiger partial charge on any atom is -0.485 e. The van der Waals surface area contributed by atoms with Crippen LogP contribution in [0.1, 0.15) is 44.5 Å². The van der Waals surface area contributed by atoms with Gasteiger partial charge in [0.15, 0.2) is 11.5 Å². The number of hydrogen-bond acceptors (Lipinski definition) is 9. The van der Waals surface area contributed by atoms with E-state index < -0.39 is 30.7 Å². The van der Waals surface area contributed by atoms with Gasteiger partial charge in [-0.1, -0.05) is 188 Å². The van der Waals surface area contributed by atoms with Gasteiger partial charge in [-0.2, -0.15) is 0 Å². The van der Waals surface area contributed by atoms with Gasteiger partial charge in [0, 0.05) is 18.2 Å². The van der Waals surface area contributed by atoms with Gasteiger partial charge in [0.2, 0.25) is 6.29 Å². The standard InChI is InChI=1S/C58H59ClO9/c1-60-42-61-32-31-43-27-29-44(30-28-43)33-50-34-53(52(35-51(50)59)63-37-46-19-9-3-10-20-46)67-58-57(66-40-49-25-15-6-16-26-49)56(65-39-48-23-13-5-14-24-48)55(64-38-47-21-11-4-12-22-47)54(68-58)41-62-36-45-17-7-2-8-18-45/h2-30,34-35,54-58H,31-33,36-42H2,1H3/t54-,55-,56+,57-,58+/m1/s1. The van der Waals surface area contributed by atoms with Crippen LogP contribution in [0.3, 0.4) is 0 Å². The molecule has 1 aliphatic heterocycles. The Morgan fingerprint density at radius 2 is 0.956 bits per heavy atom. The summed E-state index contributed by atoms with van der Waals surface area (Å²) >= 11 is 7.14. The van der Waals surface area contributed by atoms with Crippen LogP contribution >= 0.6 is 11.6 Å². The van der Waals surface area contributed by atoms with Gasteiger partial charge in [0.25, 0.3) is 0 Å². The fourth-order valence-electron chi connectivity index (χ4n) is 8.00. The van der Waals surface area contributed by atoms with Gasteiger partial charge in [-0.3, -0.25) is 0 Å². The molecule has 0 spiro atoms. The minimum absolute atomic E-state index is 0.183. The molecule has 0 amide bonds. The van der Waals surface area contributed by atoms with Crippen LogP contribution in [0.4, 0.5) is 0 Å². The molecule has 0 aliphatic carbocycles. The lowest BCUT2D eigenvalue weighted by atomic mass is 9.97. The Bertz CT molecular complexity index is 2500. The molecule has 0 aromatic heterocycles. The topological polar surface area (TPSA) is 83.1 Å². The summed E-state index contributed by atoms with van der Waals surface area (Å²) in [6.45, 7) is 2.55. The first-order valence-corrected chi connectivity index (χ1v) is 23.5. The first kappa shape index (κ1) is 48.6. The van der Waals surface area contributed by atoms with Crippen LogP contribution in [0, 0.1) is 0 Å². The van der Waals surface area contributed by atoms with E-state index in [0.717, 1.165) is 50.9 Å². The molecule has 0 unspecified atom stereocenters. The summed E-state index contributed by atoms with van der Waals surface area (Å²) in [5, 5.41) is 0.546. The van der Waals surface area contributed by atoms with E-state index in [-0.39, 0.29) is 26.6 Å². The first-order valence-electron chi connectivity index (χ1n) is 23.1. The third-order valence-corrected chi connectivity index (χ3v) is 11.9. The van der Waals surface area contributed by atoms with E-state index >= 15 is 0 Å². The fourth-order valence-corrected chi connectivity index (χ4v) is 8.22. The summed E-state index contributed by atoms with van der Waals surface area (Å²) in [6.07, 6.45) is -2.48. The number of methoxy groups -OCH3 is 1. The number of hydrogen-bond donors (Lipinski definition) is 0. The van der Waals surface area contributed by atoms with Crippen molar-refractivity contribution in [3.8, 4) is 11.5 Å². The predicted octanol–water partition coefficient (Wildman–Crippen LogP) is 11.7. The van der Waals surface area contributed by atoms with Gasteiger partial charge in [0.05, 0.1) is 39.6 Å². The zero-order valence-electron chi connectivity index (χ0n) is 38.4. The zero-order valence-corrected chi connectivity index (χ0v) is 39.2. The Hall–Kier alpha value is -5.85. The van der Waals surface area contributed by atoms with E-state index in [4.69, 9.17) is 54.2 Å². The number of halogens is 1. The van der Waals surface area contributed by atoms with Gasteiger partial charge in [-0.25, -0.2) is 0 Å². The summed E-state index contributed by atoms with van der Waals surface area (Å²) in [7, 11) is 1.62. The van der Waals surface area contributed by atoms with Crippen molar-refractivity contribution in [1.82, 2.24) is 0 Å². The Morgan fingerprint density at radius 3 is 1.50 bits per heavy atom. The van der Waals surface area contributed by atoms with E-state index in [1.807, 2.05) is 164 Å². The Kier molecular flexibility index (Phi) is 18.6. The second-order valence-electron chi connectivity index (χ2n) is 16.7. The second-order valence-corrected chi connectivity index (χ2v) is 17.1. The van der Waals surface area contributed by atoms with Crippen molar-refractivity contribution in [2.75, 3.05) is 27.1 Å². The van der Waals surface area contributed by atoms with Crippen LogP contribution < -0.4 is 9.47 Å². The van der Waals surface area contributed by atoms with Crippen LogP contribution in [0.15, 0.2) is 188 Å². The van der Waals surface area contributed by atoms with Crippen LogP contribution in [0.25, 0.3) is 0 Å². The van der Waals surface area contributed by atoms with E-state index in [9.17, 15) is 0 Å². The van der Waals surface area contributed by atoms with E-state index in [1.54, 1.807) is 7.11 Å². The monoisotopic (exact) mass is 934 g/mol. The molecule has 8 rings (SSSR count). The molecule has 10 heteroatoms. The molecule has 352 valence electrons. The number of rotatable bonds is 25. The van der Waals surface area contributed by atoms with Crippen molar-refractivity contribution in [3.63, 3.8) is 0 Å². The Morgan fingerprint density at radius 1 is 0.471 bits per heavy atom. The molecule has 1 heterocycles. The lowest BCUT2D eigenvalue weighted by Gasteiger charge is -2.45. The van der Waals surface area contributed by atoms with Crippen LogP contribution in [0.2, 0.25) is 5.02 Å². The van der Waals surface area contributed by atoms with Crippen LogP contribution in [-0.4, -0.2) is 57.8 Å². The molecule has 7 aromatic carbocycles. The predicted molar refractivity (Wildman–Crippen MR) is 263 cm³/mol. The highest BCUT2D eigenvalue weighted by Gasteiger charge is 2.50. The summed E-state index contributed by atoms with van der Waals surface area (Å²) in [6, 6.07) is 62.5. The van der Waals surface area contributed by atoms with E-state index in [1.165, 1.54) is 0 Å². The van der Waals surface area contributed by atoms with E-state index in [0.29, 0.717) is 49.4 Å². The highest BCUT2D eigenvalue weighted by atomic mass is 35.5. The zero-order chi connectivity index (χ0) is 46.6. The van der Waals surface area contributed by atoms with Crippen molar-refractivity contribution < 1.29 is 42.6 Å². The summed E-state index contributed by atoms with van der Waals surface area (Å²) in [4.78, 5) is 0. The van der Waals surface area contributed by atoms with Crippen molar-refractivity contribution in [3.05, 3.63) is 238 Å². The number of benzene rings is 7. The highest BCUT2D eigenvalue weighted by molar-refractivity contribution is 6.31. The SMILES string of the molecule is COCOCCc1ccc(Cc2cc(O[C@H]3O[C@H](COCc4ccccc4)[C@@H](OCc4ccccc4)[C@H](OCc4ccccc4)[C@H]3OCc3ccccc3)c(OCc3ccccc3)cc2Cl)cc1. The maximum absolute atomic E-state index is 7.14. The summed E-state index contributed by atoms with van der Waals surface area (Å²) in [5.41, 5.74) is 8.13. The average molecular weight is 936 g/mol. The van der Waals surface area contributed by atoms with Crippen LogP contribution in [0.5, 0.6) is 11.5 Å². The Balaban J connectivity index is 1.15. The van der Waals surface area contributed by atoms with Crippen molar-refractivity contribution in [1.29, 1.82) is 0 Å². The summed E-state index contributed by atoms with van der Waals surface area (Å²) in [5.74, 6) is 0.903. The molecule has 9 nitrogen and oxygen atoms in total. The van der Waals surface area contributed by atoms with Gasteiger partial charge < -0.3 is 42.6 Å². The van der Waals surface area contributed by atoms with Gasteiger partial charge >= 0.3 is 0 Å². The third-order valence-electron chi connectivity index (χ3n) is 11.6. The molecule has 68 heavy (non-hydrogen) atoms. The van der Waals surface area contributed by atoms with Gasteiger partial charge in [0.1, 0.15) is 37.8 Å². The van der Waals surface area contributed by atoms with Crippen molar-refractivity contribution in [2.45, 2.75) is 76.6 Å². The molecule has 5 atom stereocenters.